The summed E-state index contributed by atoms with van der Waals surface area (Å²) in [5.41, 5.74) is 2.64. The molecule has 3 heteroatoms. The van der Waals surface area contributed by atoms with Crippen molar-refractivity contribution in [3.63, 3.8) is 0 Å². The van der Waals surface area contributed by atoms with Crippen molar-refractivity contribution in [2.75, 3.05) is 0 Å². The van der Waals surface area contributed by atoms with E-state index in [1.165, 1.54) is 0 Å². The second kappa shape index (κ2) is 6.14. The molecule has 0 saturated carbocycles. The van der Waals surface area contributed by atoms with Gasteiger partial charge in [0, 0.05) is 10.5 Å². The lowest BCUT2D eigenvalue weighted by Crippen LogP contribution is -2.23. The van der Waals surface area contributed by atoms with Gasteiger partial charge in [0.2, 0.25) is 0 Å². The molecule has 2 aromatic carbocycles. The molecule has 0 aliphatic heterocycles. The van der Waals surface area contributed by atoms with Crippen molar-refractivity contribution in [3.8, 4) is 0 Å². The van der Waals surface area contributed by atoms with Crippen LogP contribution in [0.1, 0.15) is 28.4 Å². The van der Waals surface area contributed by atoms with Crippen LogP contribution in [0.15, 0.2) is 53.4 Å². The van der Waals surface area contributed by atoms with Crippen LogP contribution in [0.5, 0.6) is 0 Å². The van der Waals surface area contributed by atoms with Gasteiger partial charge in [-0.15, -0.1) is 0 Å². The maximum atomic E-state index is 12.5. The fourth-order valence-corrected chi connectivity index (χ4v) is 3.23. The Morgan fingerprint density at radius 1 is 1.05 bits per heavy atom. The fourth-order valence-electron chi connectivity index (χ4n) is 2.08. The van der Waals surface area contributed by atoms with Gasteiger partial charge in [0.1, 0.15) is 0 Å². The second-order valence-electron chi connectivity index (χ2n) is 4.94. The first-order chi connectivity index (χ1) is 9.50. The molecule has 2 aromatic rings. The van der Waals surface area contributed by atoms with Gasteiger partial charge in [-0.05, 0) is 44.5 Å². The molecular formula is C17H18O2S. The SMILES string of the molecule is Cc1ccc(C)c(C(=O)C(C)S(=O)c2ccccc2)c1. The van der Waals surface area contributed by atoms with Gasteiger partial charge in [-0.2, -0.15) is 0 Å². The Morgan fingerprint density at radius 2 is 1.70 bits per heavy atom. The molecule has 2 unspecified atom stereocenters. The van der Waals surface area contributed by atoms with Crippen LogP contribution >= 0.6 is 0 Å². The van der Waals surface area contributed by atoms with E-state index in [-0.39, 0.29) is 5.78 Å². The standard InChI is InChI=1S/C17H18O2S/c1-12-9-10-13(2)16(11-12)17(18)14(3)20(19)15-7-5-4-6-8-15/h4-11,14H,1-3H3. The first-order valence-corrected chi connectivity index (χ1v) is 7.79. The largest absolute Gasteiger partial charge is 0.293 e. The molecular weight excluding hydrogens is 268 g/mol. The molecule has 0 radical (unpaired) electrons. The first kappa shape index (κ1) is 14.7. The smallest absolute Gasteiger partial charge is 0.178 e. The third kappa shape index (κ3) is 3.05. The highest BCUT2D eigenvalue weighted by Crippen LogP contribution is 2.18. The van der Waals surface area contributed by atoms with Crippen molar-refractivity contribution < 1.29 is 9.00 Å². The summed E-state index contributed by atoms with van der Waals surface area (Å²) in [7, 11) is -1.32. The lowest BCUT2D eigenvalue weighted by Gasteiger charge is -2.13. The van der Waals surface area contributed by atoms with Gasteiger partial charge < -0.3 is 0 Å². The van der Waals surface area contributed by atoms with Crippen molar-refractivity contribution in [1.82, 2.24) is 0 Å². The van der Waals surface area contributed by atoms with Crippen LogP contribution in [0.3, 0.4) is 0 Å². The zero-order valence-electron chi connectivity index (χ0n) is 11.9. The van der Waals surface area contributed by atoms with E-state index in [9.17, 15) is 9.00 Å². The fraction of sp³-hybridized carbons (Fsp3) is 0.235. The van der Waals surface area contributed by atoms with Crippen LogP contribution in [0.2, 0.25) is 0 Å². The molecule has 2 nitrogen and oxygen atoms in total. The predicted molar refractivity (Wildman–Crippen MR) is 82.6 cm³/mol. The van der Waals surface area contributed by atoms with E-state index < -0.39 is 16.0 Å². The molecule has 0 N–H and O–H groups in total. The van der Waals surface area contributed by atoms with Gasteiger partial charge in [-0.25, -0.2) is 0 Å². The summed E-state index contributed by atoms with van der Waals surface area (Å²) in [6.07, 6.45) is 0. The number of carbonyl (C=O) groups is 1. The van der Waals surface area contributed by atoms with Gasteiger partial charge in [-0.3, -0.25) is 9.00 Å². The second-order valence-corrected chi connectivity index (χ2v) is 6.71. The normalized spacial score (nSPS) is 13.8. The van der Waals surface area contributed by atoms with E-state index >= 15 is 0 Å². The van der Waals surface area contributed by atoms with E-state index in [0.29, 0.717) is 10.5 Å². The van der Waals surface area contributed by atoms with Crippen LogP contribution in [0.4, 0.5) is 0 Å². The summed E-state index contributed by atoms with van der Waals surface area (Å²) in [5, 5.41) is -0.544. The zero-order chi connectivity index (χ0) is 14.7. The van der Waals surface area contributed by atoms with Crippen LogP contribution in [0, 0.1) is 13.8 Å². The molecule has 20 heavy (non-hydrogen) atoms. The molecule has 0 aliphatic carbocycles. The monoisotopic (exact) mass is 286 g/mol. The zero-order valence-corrected chi connectivity index (χ0v) is 12.7. The van der Waals surface area contributed by atoms with E-state index in [1.54, 1.807) is 19.1 Å². The highest BCUT2D eigenvalue weighted by molar-refractivity contribution is 7.86. The third-order valence-electron chi connectivity index (χ3n) is 3.32. The summed E-state index contributed by atoms with van der Waals surface area (Å²) in [5.74, 6) is -0.0617. The van der Waals surface area contributed by atoms with Gasteiger partial charge in [0.25, 0.3) is 0 Å². The lowest BCUT2D eigenvalue weighted by molar-refractivity contribution is 0.0992. The first-order valence-electron chi connectivity index (χ1n) is 6.58. The number of hydrogen-bond donors (Lipinski definition) is 0. The van der Waals surface area contributed by atoms with Gasteiger partial charge in [-0.1, -0.05) is 35.9 Å². The number of ketones is 1. The average Bonchev–Trinajstić information content (AvgIpc) is 2.48. The van der Waals surface area contributed by atoms with Gasteiger partial charge in [0.15, 0.2) is 5.78 Å². The molecule has 0 spiro atoms. The lowest BCUT2D eigenvalue weighted by atomic mass is 10.0. The van der Waals surface area contributed by atoms with Crippen molar-refractivity contribution in [2.24, 2.45) is 0 Å². The Balaban J connectivity index is 2.29. The van der Waals surface area contributed by atoms with Crippen LogP contribution in [0.25, 0.3) is 0 Å². The number of carbonyl (C=O) groups excluding carboxylic acids is 1. The molecule has 0 aliphatic rings. The number of aryl methyl sites for hydroxylation is 2. The highest BCUT2D eigenvalue weighted by atomic mass is 32.2. The molecule has 104 valence electrons. The maximum absolute atomic E-state index is 12.5. The Hall–Kier alpha value is -1.74. The van der Waals surface area contributed by atoms with Crippen LogP contribution in [-0.4, -0.2) is 15.2 Å². The van der Waals surface area contributed by atoms with Gasteiger partial charge in [0.05, 0.1) is 16.0 Å². The molecule has 0 aromatic heterocycles. The van der Waals surface area contributed by atoms with E-state index in [4.69, 9.17) is 0 Å². The molecule has 0 heterocycles. The minimum absolute atomic E-state index is 0.0617. The summed E-state index contributed by atoms with van der Waals surface area (Å²) in [6.45, 7) is 5.59. The number of benzene rings is 2. The minimum atomic E-state index is -1.32. The Bertz CT molecular complexity index is 647. The third-order valence-corrected chi connectivity index (χ3v) is 4.92. The summed E-state index contributed by atoms with van der Waals surface area (Å²) in [6, 6.07) is 14.9. The molecule has 0 amide bonds. The Kier molecular flexibility index (Phi) is 4.50. The van der Waals surface area contributed by atoms with Crippen molar-refractivity contribution in [1.29, 1.82) is 0 Å². The summed E-state index contributed by atoms with van der Waals surface area (Å²) in [4.78, 5) is 13.2. The predicted octanol–water partition coefficient (Wildman–Crippen LogP) is 3.68. The van der Waals surface area contributed by atoms with Crippen molar-refractivity contribution in [3.05, 3.63) is 65.2 Å². The molecule has 0 saturated heterocycles. The number of hydrogen-bond acceptors (Lipinski definition) is 2. The Morgan fingerprint density at radius 3 is 2.35 bits per heavy atom. The van der Waals surface area contributed by atoms with Crippen molar-refractivity contribution in [2.45, 2.75) is 30.9 Å². The van der Waals surface area contributed by atoms with Crippen LogP contribution in [-0.2, 0) is 10.8 Å². The molecule has 0 fully saturated rings. The summed E-state index contributed by atoms with van der Waals surface area (Å²) < 4.78 is 12.4. The van der Waals surface area contributed by atoms with E-state index in [2.05, 4.69) is 0 Å². The highest BCUT2D eigenvalue weighted by Gasteiger charge is 2.23. The molecule has 2 rings (SSSR count). The maximum Gasteiger partial charge on any atom is 0.178 e. The topological polar surface area (TPSA) is 34.1 Å². The van der Waals surface area contributed by atoms with Crippen LogP contribution < -0.4 is 0 Å². The van der Waals surface area contributed by atoms with E-state index in [0.717, 1.165) is 11.1 Å². The quantitative estimate of drug-likeness (QED) is 0.803. The average molecular weight is 286 g/mol. The van der Waals surface area contributed by atoms with Crippen molar-refractivity contribution >= 4 is 16.6 Å². The number of Topliss-reactive ketones (excluding diaryl/α,β-unsaturated/α-hetero) is 1. The minimum Gasteiger partial charge on any atom is -0.293 e. The Labute approximate surface area is 122 Å². The molecule has 2 atom stereocenters. The van der Waals surface area contributed by atoms with Gasteiger partial charge >= 0.3 is 0 Å². The number of rotatable bonds is 4. The van der Waals surface area contributed by atoms with E-state index in [1.807, 2.05) is 50.2 Å². The summed E-state index contributed by atoms with van der Waals surface area (Å²) >= 11 is 0. The molecule has 0 bridgehead atoms.